The lowest BCUT2D eigenvalue weighted by Crippen LogP contribution is -2.35. The molecule has 0 aliphatic heterocycles. The summed E-state index contributed by atoms with van der Waals surface area (Å²) in [7, 11) is 0. The van der Waals surface area contributed by atoms with Gasteiger partial charge in [0.2, 0.25) is 0 Å². The van der Waals surface area contributed by atoms with Gasteiger partial charge in [0.1, 0.15) is 11.4 Å². The van der Waals surface area contributed by atoms with Gasteiger partial charge in [-0.25, -0.2) is 4.99 Å². The molecule has 0 radical (unpaired) electrons. The Morgan fingerprint density at radius 1 is 1.50 bits per heavy atom. The molecule has 0 bridgehead atoms. The zero-order valence-corrected chi connectivity index (χ0v) is 12.2. The van der Waals surface area contributed by atoms with E-state index in [0.29, 0.717) is 11.7 Å². The zero-order valence-electron chi connectivity index (χ0n) is 11.4. The molecule has 4 N–H and O–H groups in total. The number of hydrogen-bond donors (Lipinski definition) is 3. The number of rotatable bonds is 6. The number of aliphatic imine (C=N–C) groups is 1. The standard InChI is InChI=1S/C14H19N3O2S/c1-14(18,12-5-2-8-19-12)10-17-13(15)16-7-6-11-4-3-9-20-11/h2-5,8-9,18H,6-7,10H2,1H3,(H3,15,16,17). The maximum Gasteiger partial charge on any atom is 0.188 e. The molecule has 1 unspecified atom stereocenters. The second-order valence-corrected chi connectivity index (χ2v) is 5.74. The Morgan fingerprint density at radius 2 is 2.35 bits per heavy atom. The normalized spacial score (nSPS) is 15.0. The fourth-order valence-electron chi connectivity index (χ4n) is 1.73. The predicted molar refractivity (Wildman–Crippen MR) is 80.8 cm³/mol. The van der Waals surface area contributed by atoms with E-state index in [1.807, 2.05) is 11.4 Å². The third-order valence-electron chi connectivity index (χ3n) is 2.87. The number of nitrogens with one attached hydrogen (secondary N) is 1. The van der Waals surface area contributed by atoms with Crippen LogP contribution >= 0.6 is 11.3 Å². The molecule has 0 fully saturated rings. The highest BCUT2D eigenvalue weighted by atomic mass is 32.1. The van der Waals surface area contributed by atoms with Crippen molar-refractivity contribution >= 4 is 17.3 Å². The molecule has 0 aliphatic rings. The molecular weight excluding hydrogens is 274 g/mol. The molecule has 0 spiro atoms. The Morgan fingerprint density at radius 3 is 3.00 bits per heavy atom. The van der Waals surface area contributed by atoms with Crippen molar-refractivity contribution in [2.24, 2.45) is 10.7 Å². The number of guanidine groups is 1. The largest absolute Gasteiger partial charge is 0.466 e. The zero-order chi connectivity index (χ0) is 14.4. The van der Waals surface area contributed by atoms with E-state index < -0.39 is 5.60 Å². The first-order valence-corrected chi connectivity index (χ1v) is 7.28. The van der Waals surface area contributed by atoms with Crippen LogP contribution in [-0.2, 0) is 12.0 Å². The third-order valence-corrected chi connectivity index (χ3v) is 3.80. The van der Waals surface area contributed by atoms with E-state index in [1.165, 1.54) is 11.1 Å². The lowest BCUT2D eigenvalue weighted by molar-refractivity contribution is 0.0437. The van der Waals surface area contributed by atoms with Crippen LogP contribution < -0.4 is 11.1 Å². The minimum absolute atomic E-state index is 0.151. The van der Waals surface area contributed by atoms with Gasteiger partial charge in [-0.1, -0.05) is 6.07 Å². The molecule has 2 aromatic heterocycles. The summed E-state index contributed by atoms with van der Waals surface area (Å²) < 4.78 is 5.18. The van der Waals surface area contributed by atoms with E-state index in [4.69, 9.17) is 10.2 Å². The van der Waals surface area contributed by atoms with Crippen LogP contribution in [0.15, 0.2) is 45.3 Å². The molecule has 2 rings (SSSR count). The smallest absolute Gasteiger partial charge is 0.188 e. The maximum atomic E-state index is 10.2. The van der Waals surface area contributed by atoms with Crippen LogP contribution in [0.3, 0.4) is 0 Å². The van der Waals surface area contributed by atoms with E-state index in [-0.39, 0.29) is 6.54 Å². The van der Waals surface area contributed by atoms with Gasteiger partial charge in [-0.05, 0) is 36.9 Å². The van der Waals surface area contributed by atoms with E-state index in [1.54, 1.807) is 30.4 Å². The van der Waals surface area contributed by atoms with Crippen molar-refractivity contribution < 1.29 is 9.52 Å². The van der Waals surface area contributed by atoms with Crippen molar-refractivity contribution in [3.63, 3.8) is 0 Å². The fourth-order valence-corrected chi connectivity index (χ4v) is 2.44. The Labute approximate surface area is 122 Å². The Kier molecular flexibility index (Phi) is 4.81. The van der Waals surface area contributed by atoms with Crippen molar-refractivity contribution in [3.05, 3.63) is 46.5 Å². The van der Waals surface area contributed by atoms with E-state index >= 15 is 0 Å². The second-order valence-electron chi connectivity index (χ2n) is 4.71. The van der Waals surface area contributed by atoms with Gasteiger partial charge in [0.05, 0.1) is 12.8 Å². The fraction of sp³-hybridized carbons (Fsp3) is 0.357. The highest BCUT2D eigenvalue weighted by Crippen LogP contribution is 2.20. The van der Waals surface area contributed by atoms with Crippen LogP contribution in [0.5, 0.6) is 0 Å². The van der Waals surface area contributed by atoms with Gasteiger partial charge >= 0.3 is 0 Å². The summed E-state index contributed by atoms with van der Waals surface area (Å²) in [6.07, 6.45) is 2.43. The number of aliphatic hydroxyl groups is 1. The van der Waals surface area contributed by atoms with Crippen LogP contribution in [0.4, 0.5) is 0 Å². The van der Waals surface area contributed by atoms with Gasteiger partial charge in [0.15, 0.2) is 5.96 Å². The molecule has 0 aliphatic carbocycles. The number of nitrogens with two attached hydrogens (primary N) is 1. The lowest BCUT2D eigenvalue weighted by atomic mass is 10.0. The molecule has 0 saturated heterocycles. The first-order valence-electron chi connectivity index (χ1n) is 6.40. The first kappa shape index (κ1) is 14.6. The third kappa shape index (κ3) is 4.11. The van der Waals surface area contributed by atoms with Crippen molar-refractivity contribution in [2.45, 2.75) is 18.9 Å². The molecule has 1 atom stereocenters. The van der Waals surface area contributed by atoms with Crippen molar-refractivity contribution in [1.29, 1.82) is 0 Å². The lowest BCUT2D eigenvalue weighted by Gasteiger charge is -2.18. The Bertz CT molecular complexity index is 533. The van der Waals surface area contributed by atoms with Crippen LogP contribution in [0.2, 0.25) is 0 Å². The van der Waals surface area contributed by atoms with Crippen molar-refractivity contribution in [3.8, 4) is 0 Å². The van der Waals surface area contributed by atoms with E-state index in [2.05, 4.69) is 16.4 Å². The number of thiophene rings is 1. The average Bonchev–Trinajstić information content (AvgIpc) is 3.09. The molecule has 5 nitrogen and oxygen atoms in total. The highest BCUT2D eigenvalue weighted by Gasteiger charge is 2.25. The molecule has 0 amide bonds. The molecule has 2 heterocycles. The highest BCUT2D eigenvalue weighted by molar-refractivity contribution is 7.09. The summed E-state index contributed by atoms with van der Waals surface area (Å²) in [5, 5.41) is 15.3. The van der Waals surface area contributed by atoms with Gasteiger partial charge in [0.25, 0.3) is 0 Å². The molecule has 2 aromatic rings. The SMILES string of the molecule is CC(O)(CN=C(N)NCCc1cccs1)c1ccco1. The van der Waals surface area contributed by atoms with Crippen LogP contribution in [0, 0.1) is 0 Å². The topological polar surface area (TPSA) is 83.8 Å². The number of furan rings is 1. The minimum Gasteiger partial charge on any atom is -0.466 e. The summed E-state index contributed by atoms with van der Waals surface area (Å²) in [4.78, 5) is 5.45. The van der Waals surface area contributed by atoms with Crippen molar-refractivity contribution in [2.75, 3.05) is 13.1 Å². The van der Waals surface area contributed by atoms with Crippen LogP contribution in [0.25, 0.3) is 0 Å². The molecule has 6 heteroatoms. The van der Waals surface area contributed by atoms with Gasteiger partial charge in [-0.15, -0.1) is 11.3 Å². The van der Waals surface area contributed by atoms with Crippen LogP contribution in [0.1, 0.15) is 17.6 Å². The summed E-state index contributed by atoms with van der Waals surface area (Å²) in [5.41, 5.74) is 4.63. The van der Waals surface area contributed by atoms with E-state index in [0.717, 1.165) is 13.0 Å². The number of hydrogen-bond acceptors (Lipinski definition) is 4. The molecule has 0 saturated carbocycles. The number of nitrogens with zero attached hydrogens (tertiary/aromatic N) is 1. The van der Waals surface area contributed by atoms with Gasteiger partial charge in [-0.3, -0.25) is 0 Å². The van der Waals surface area contributed by atoms with E-state index in [9.17, 15) is 5.11 Å². The van der Waals surface area contributed by atoms with Crippen LogP contribution in [-0.4, -0.2) is 24.2 Å². The monoisotopic (exact) mass is 293 g/mol. The van der Waals surface area contributed by atoms with Crippen molar-refractivity contribution in [1.82, 2.24) is 5.32 Å². The molecular formula is C14H19N3O2S. The van der Waals surface area contributed by atoms with Gasteiger partial charge in [-0.2, -0.15) is 0 Å². The summed E-state index contributed by atoms with van der Waals surface area (Å²) in [6.45, 7) is 2.52. The van der Waals surface area contributed by atoms with Gasteiger partial charge in [0, 0.05) is 11.4 Å². The second kappa shape index (κ2) is 6.58. The summed E-state index contributed by atoms with van der Waals surface area (Å²) >= 11 is 1.72. The molecule has 20 heavy (non-hydrogen) atoms. The minimum atomic E-state index is -1.15. The molecule has 108 valence electrons. The summed E-state index contributed by atoms with van der Waals surface area (Å²) in [5.74, 6) is 0.807. The molecule has 0 aromatic carbocycles. The maximum absolute atomic E-state index is 10.2. The predicted octanol–water partition coefficient (Wildman–Crippen LogP) is 1.70. The Balaban J connectivity index is 1.78. The van der Waals surface area contributed by atoms with Gasteiger partial charge < -0.3 is 20.6 Å². The average molecular weight is 293 g/mol. The summed E-state index contributed by atoms with van der Waals surface area (Å²) in [6, 6.07) is 7.56. The first-order chi connectivity index (χ1) is 9.58. The quantitative estimate of drug-likeness (QED) is 0.559. The Hall–Kier alpha value is -1.79.